The highest BCUT2D eigenvalue weighted by Crippen LogP contribution is 2.43. The van der Waals surface area contributed by atoms with Crippen LogP contribution in [0, 0.1) is 31.6 Å². The first kappa shape index (κ1) is 17.0. The van der Waals surface area contributed by atoms with Gasteiger partial charge in [0.2, 0.25) is 5.91 Å². The fourth-order valence-electron chi connectivity index (χ4n) is 5.38. The maximum Gasteiger partial charge on any atom is 0.226 e. The van der Waals surface area contributed by atoms with E-state index < -0.39 is 0 Å². The third kappa shape index (κ3) is 2.99. The van der Waals surface area contributed by atoms with Crippen molar-refractivity contribution in [2.24, 2.45) is 23.5 Å². The van der Waals surface area contributed by atoms with Crippen LogP contribution in [0.2, 0.25) is 0 Å². The summed E-state index contributed by atoms with van der Waals surface area (Å²) in [6, 6.07) is 0.284. The minimum absolute atomic E-state index is 0.0181. The van der Waals surface area contributed by atoms with E-state index in [0.29, 0.717) is 43.5 Å². The van der Waals surface area contributed by atoms with Gasteiger partial charge in [-0.15, -0.1) is 0 Å². The van der Waals surface area contributed by atoms with E-state index in [1.165, 1.54) is 19.3 Å². The van der Waals surface area contributed by atoms with Gasteiger partial charge in [-0.05, 0) is 51.4 Å². The van der Waals surface area contributed by atoms with Crippen molar-refractivity contribution >= 4 is 5.91 Å². The number of hydrogen-bond acceptors (Lipinski definition) is 4. The second-order valence-corrected chi connectivity index (χ2v) is 8.17. The molecule has 25 heavy (non-hydrogen) atoms. The van der Waals surface area contributed by atoms with Gasteiger partial charge in [-0.3, -0.25) is 9.89 Å². The summed E-state index contributed by atoms with van der Waals surface area (Å²) in [5.74, 6) is 1.48. The standard InChI is InChI=1S/C19H30N4O2/c1-11-17(12(2)22-21-11)16-10-25-7-6-23(16)19(24)15-8-13-4-3-5-14(9-15)18(13)20/h13-16,18H,3-10,20H2,1-2H3,(H,21,22). The molecule has 1 aromatic rings. The van der Waals surface area contributed by atoms with Gasteiger partial charge in [0.1, 0.15) is 0 Å². The molecule has 1 amide bonds. The van der Waals surface area contributed by atoms with E-state index in [1.807, 2.05) is 13.8 Å². The van der Waals surface area contributed by atoms with E-state index >= 15 is 0 Å². The van der Waals surface area contributed by atoms with Gasteiger partial charge in [-0.2, -0.15) is 5.10 Å². The molecule has 6 nitrogen and oxygen atoms in total. The normalized spacial score (nSPS) is 35.6. The number of aryl methyl sites for hydroxylation is 2. The number of morpholine rings is 1. The lowest BCUT2D eigenvalue weighted by molar-refractivity contribution is -0.147. The Hall–Kier alpha value is -1.40. The third-order valence-corrected chi connectivity index (χ3v) is 6.69. The second-order valence-electron chi connectivity index (χ2n) is 8.17. The quantitative estimate of drug-likeness (QED) is 0.859. The first-order valence-electron chi connectivity index (χ1n) is 9.71. The van der Waals surface area contributed by atoms with Crippen LogP contribution in [0.25, 0.3) is 0 Å². The summed E-state index contributed by atoms with van der Waals surface area (Å²) in [5, 5.41) is 7.37. The minimum Gasteiger partial charge on any atom is -0.377 e. The molecule has 1 aromatic heterocycles. The molecule has 0 spiro atoms. The Morgan fingerprint density at radius 2 is 2.00 bits per heavy atom. The van der Waals surface area contributed by atoms with Crippen LogP contribution < -0.4 is 5.73 Å². The Morgan fingerprint density at radius 3 is 2.64 bits per heavy atom. The summed E-state index contributed by atoms with van der Waals surface area (Å²) in [7, 11) is 0. The fourth-order valence-corrected chi connectivity index (χ4v) is 5.38. The van der Waals surface area contributed by atoms with Crippen molar-refractivity contribution in [1.29, 1.82) is 0 Å². The van der Waals surface area contributed by atoms with Crippen LogP contribution in [0.15, 0.2) is 0 Å². The summed E-state index contributed by atoms with van der Waals surface area (Å²) < 4.78 is 5.72. The number of carbonyl (C=O) groups is 1. The average Bonchev–Trinajstić information content (AvgIpc) is 2.92. The number of amides is 1. The minimum atomic E-state index is -0.0181. The SMILES string of the molecule is Cc1n[nH]c(C)c1C1COCCN1C(=O)C1CC2CCCC(C1)C2N. The summed E-state index contributed by atoms with van der Waals surface area (Å²) in [6.07, 6.45) is 5.58. The highest BCUT2D eigenvalue weighted by molar-refractivity contribution is 5.79. The number of nitrogens with two attached hydrogens (primary N) is 1. The molecule has 0 aromatic carbocycles. The van der Waals surface area contributed by atoms with Gasteiger partial charge in [-0.25, -0.2) is 0 Å². The van der Waals surface area contributed by atoms with E-state index in [4.69, 9.17) is 10.5 Å². The van der Waals surface area contributed by atoms with Gasteiger partial charge in [0.25, 0.3) is 0 Å². The molecule has 2 saturated carbocycles. The number of nitrogens with one attached hydrogen (secondary N) is 1. The predicted octanol–water partition coefficient (Wildman–Crippen LogP) is 2.08. The Balaban J connectivity index is 1.55. The van der Waals surface area contributed by atoms with Crippen LogP contribution in [0.3, 0.4) is 0 Å². The third-order valence-electron chi connectivity index (χ3n) is 6.69. The zero-order chi connectivity index (χ0) is 17.6. The van der Waals surface area contributed by atoms with Crippen LogP contribution >= 0.6 is 0 Å². The van der Waals surface area contributed by atoms with Crippen molar-refractivity contribution in [2.45, 2.75) is 58.0 Å². The van der Waals surface area contributed by atoms with E-state index in [-0.39, 0.29) is 12.0 Å². The van der Waals surface area contributed by atoms with Crippen molar-refractivity contribution < 1.29 is 9.53 Å². The molecule has 2 heterocycles. The Labute approximate surface area is 149 Å². The maximum absolute atomic E-state index is 13.4. The van der Waals surface area contributed by atoms with Gasteiger partial charge >= 0.3 is 0 Å². The molecule has 3 N–H and O–H groups in total. The number of H-pyrrole nitrogens is 1. The fraction of sp³-hybridized carbons (Fsp3) is 0.789. The van der Waals surface area contributed by atoms with Crippen molar-refractivity contribution in [3.05, 3.63) is 17.0 Å². The molecule has 3 unspecified atom stereocenters. The van der Waals surface area contributed by atoms with Crippen LogP contribution in [0.5, 0.6) is 0 Å². The largest absolute Gasteiger partial charge is 0.377 e. The first-order chi connectivity index (χ1) is 12.1. The average molecular weight is 346 g/mol. The predicted molar refractivity (Wildman–Crippen MR) is 94.9 cm³/mol. The first-order valence-corrected chi connectivity index (χ1v) is 9.71. The molecule has 6 heteroatoms. The van der Waals surface area contributed by atoms with Crippen molar-refractivity contribution in [1.82, 2.24) is 15.1 Å². The zero-order valence-electron chi connectivity index (χ0n) is 15.3. The van der Waals surface area contributed by atoms with Gasteiger partial charge < -0.3 is 15.4 Å². The molecule has 3 aliphatic rings. The molecule has 3 atom stereocenters. The van der Waals surface area contributed by atoms with E-state index in [1.54, 1.807) is 0 Å². The lowest BCUT2D eigenvalue weighted by Crippen LogP contribution is -2.52. The van der Waals surface area contributed by atoms with Crippen LogP contribution in [-0.2, 0) is 9.53 Å². The highest BCUT2D eigenvalue weighted by Gasteiger charge is 2.43. The van der Waals surface area contributed by atoms with E-state index in [9.17, 15) is 4.79 Å². The number of hydrogen-bond donors (Lipinski definition) is 2. The van der Waals surface area contributed by atoms with E-state index in [0.717, 1.165) is 29.8 Å². The summed E-state index contributed by atoms with van der Waals surface area (Å²) in [4.78, 5) is 15.5. The topological polar surface area (TPSA) is 84.2 Å². The monoisotopic (exact) mass is 346 g/mol. The molecule has 2 aliphatic carbocycles. The number of rotatable bonds is 2. The molecular formula is C19H30N4O2. The molecule has 138 valence electrons. The van der Waals surface area contributed by atoms with Gasteiger partial charge in [-0.1, -0.05) is 6.42 Å². The molecule has 0 radical (unpaired) electrons. The lowest BCUT2D eigenvalue weighted by atomic mass is 9.65. The lowest BCUT2D eigenvalue weighted by Gasteiger charge is -2.46. The highest BCUT2D eigenvalue weighted by atomic mass is 16.5. The second kappa shape index (κ2) is 6.72. The summed E-state index contributed by atoms with van der Waals surface area (Å²) >= 11 is 0. The van der Waals surface area contributed by atoms with Gasteiger partial charge in [0.15, 0.2) is 0 Å². The number of nitrogens with zero attached hydrogens (tertiary/aromatic N) is 2. The Kier molecular flexibility index (Phi) is 4.58. The number of aromatic amines is 1. The smallest absolute Gasteiger partial charge is 0.226 e. The van der Waals surface area contributed by atoms with Crippen molar-refractivity contribution in [2.75, 3.05) is 19.8 Å². The van der Waals surface area contributed by atoms with Crippen LogP contribution in [0.4, 0.5) is 0 Å². The number of fused-ring (bicyclic) bond motifs is 2. The van der Waals surface area contributed by atoms with Gasteiger partial charge in [0.05, 0.1) is 24.9 Å². The molecule has 1 aliphatic heterocycles. The van der Waals surface area contributed by atoms with Crippen molar-refractivity contribution in [3.8, 4) is 0 Å². The number of carbonyl (C=O) groups excluding carboxylic acids is 1. The van der Waals surface area contributed by atoms with E-state index in [2.05, 4.69) is 15.1 Å². The summed E-state index contributed by atoms with van der Waals surface area (Å²) in [6.45, 7) is 5.88. The zero-order valence-corrected chi connectivity index (χ0v) is 15.3. The molecular weight excluding hydrogens is 316 g/mol. The Morgan fingerprint density at radius 1 is 1.28 bits per heavy atom. The molecule has 1 saturated heterocycles. The molecule has 4 rings (SSSR count). The molecule has 2 bridgehead atoms. The van der Waals surface area contributed by atoms with Gasteiger partial charge in [0, 0.05) is 29.8 Å². The van der Waals surface area contributed by atoms with Crippen molar-refractivity contribution in [3.63, 3.8) is 0 Å². The maximum atomic E-state index is 13.4. The number of aromatic nitrogens is 2. The number of ether oxygens (including phenoxy) is 1. The molecule has 3 fully saturated rings. The van der Waals surface area contributed by atoms with Crippen LogP contribution in [-0.4, -0.2) is 46.8 Å². The van der Waals surface area contributed by atoms with Crippen LogP contribution in [0.1, 0.15) is 55.1 Å². The summed E-state index contributed by atoms with van der Waals surface area (Å²) in [5.41, 5.74) is 9.54. The Bertz CT molecular complexity index is 610.